The summed E-state index contributed by atoms with van der Waals surface area (Å²) in [6.07, 6.45) is 7.84. The van der Waals surface area contributed by atoms with Gasteiger partial charge in [-0.1, -0.05) is 19.3 Å². The first kappa shape index (κ1) is 30.4. The van der Waals surface area contributed by atoms with E-state index in [1.165, 1.54) is 7.11 Å². The Bertz CT molecular complexity index is 1160. The van der Waals surface area contributed by atoms with E-state index in [2.05, 4.69) is 14.9 Å². The van der Waals surface area contributed by atoms with Crippen LogP contribution in [-0.2, 0) is 19.6 Å². The fraction of sp³-hybridized carbons (Fsp3) is 0.714. The first-order valence-electron chi connectivity index (χ1n) is 14.4. The molecule has 0 aromatic heterocycles. The molecule has 0 bridgehead atoms. The van der Waals surface area contributed by atoms with Gasteiger partial charge in [-0.05, 0) is 64.1 Å². The number of piperidine rings is 1. The Balaban J connectivity index is 1.25. The minimum absolute atomic E-state index is 0.127. The van der Waals surface area contributed by atoms with Crippen molar-refractivity contribution in [2.75, 3.05) is 50.9 Å². The zero-order valence-electron chi connectivity index (χ0n) is 23.9. The number of sulfonamides is 1. The van der Waals surface area contributed by atoms with Crippen LogP contribution >= 0.6 is 0 Å². The van der Waals surface area contributed by atoms with Crippen molar-refractivity contribution in [2.45, 2.75) is 81.9 Å². The third-order valence-electron chi connectivity index (χ3n) is 8.58. The molecule has 2 heterocycles. The number of benzene rings is 1. The summed E-state index contributed by atoms with van der Waals surface area (Å²) in [7, 11) is -1.87. The van der Waals surface area contributed by atoms with E-state index in [1.807, 2.05) is 6.92 Å². The molecule has 1 unspecified atom stereocenters. The second kappa shape index (κ2) is 12.5. The highest BCUT2D eigenvalue weighted by molar-refractivity contribution is 7.92. The SMILES string of the molecule is CCN1C(=O)C(C2(O)CCCCC2)NC(=O)C12CCN(CCCCOc1ccc(NS(C)(=O)=O)cc1OC)CC2. The molecule has 40 heavy (non-hydrogen) atoms. The molecule has 3 aliphatic rings. The zero-order chi connectivity index (χ0) is 29.0. The van der Waals surface area contributed by atoms with E-state index in [4.69, 9.17) is 9.47 Å². The van der Waals surface area contributed by atoms with Gasteiger partial charge in [0.2, 0.25) is 21.8 Å². The van der Waals surface area contributed by atoms with Crippen LogP contribution in [0.1, 0.15) is 64.7 Å². The molecule has 1 aromatic carbocycles. The number of likely N-dealkylation sites (N-methyl/N-ethyl adjacent to an activating group) is 1. The molecule has 0 radical (unpaired) electrons. The number of carbonyl (C=O) groups is 2. The molecular weight excluding hydrogens is 536 g/mol. The number of amides is 2. The second-order valence-corrected chi connectivity index (χ2v) is 13.1. The number of anilines is 1. The summed E-state index contributed by atoms with van der Waals surface area (Å²) in [5.74, 6) is 0.726. The summed E-state index contributed by atoms with van der Waals surface area (Å²) in [5.41, 5.74) is -1.59. The van der Waals surface area contributed by atoms with Gasteiger partial charge in [-0.2, -0.15) is 0 Å². The maximum absolute atomic E-state index is 13.5. The predicted molar refractivity (Wildman–Crippen MR) is 152 cm³/mol. The Morgan fingerprint density at radius 3 is 2.40 bits per heavy atom. The van der Waals surface area contributed by atoms with E-state index in [-0.39, 0.29) is 11.8 Å². The molecular formula is C28H44N4O7S. The standard InChI is InChI=1S/C28H44N4O7S/c1-4-32-25(33)24(28(35)12-6-5-7-13-28)29-26(34)27(32)14-17-31(18-15-27)16-8-9-19-39-22-11-10-21(20-23(22)38-2)30-40(3,36)37/h10-11,20,24,30,35H,4-9,12-19H2,1-3H3,(H,29,34). The minimum Gasteiger partial charge on any atom is -0.493 e. The Labute approximate surface area is 237 Å². The van der Waals surface area contributed by atoms with Crippen molar-refractivity contribution in [1.29, 1.82) is 0 Å². The number of ether oxygens (including phenoxy) is 2. The highest BCUT2D eigenvalue weighted by Gasteiger charge is 2.57. The lowest BCUT2D eigenvalue weighted by Crippen LogP contribution is -2.76. The molecule has 1 atom stereocenters. The number of unbranched alkanes of at least 4 members (excludes halogenated alkanes) is 1. The summed E-state index contributed by atoms with van der Waals surface area (Å²) in [6.45, 7) is 5.14. The van der Waals surface area contributed by atoms with Gasteiger partial charge in [0.25, 0.3) is 0 Å². The van der Waals surface area contributed by atoms with Gasteiger partial charge in [0.1, 0.15) is 11.6 Å². The number of likely N-dealkylation sites (tertiary alicyclic amines) is 1. The van der Waals surface area contributed by atoms with Crippen LogP contribution < -0.4 is 19.5 Å². The maximum atomic E-state index is 13.5. The Morgan fingerprint density at radius 1 is 1.07 bits per heavy atom. The van der Waals surface area contributed by atoms with Crippen LogP contribution in [0.3, 0.4) is 0 Å². The summed E-state index contributed by atoms with van der Waals surface area (Å²) in [4.78, 5) is 31.1. The van der Waals surface area contributed by atoms with Gasteiger partial charge >= 0.3 is 0 Å². The number of piperazine rings is 1. The fourth-order valence-electron chi connectivity index (χ4n) is 6.42. The molecule has 3 N–H and O–H groups in total. The first-order valence-corrected chi connectivity index (χ1v) is 16.3. The van der Waals surface area contributed by atoms with Crippen LogP contribution in [0.5, 0.6) is 11.5 Å². The van der Waals surface area contributed by atoms with E-state index in [0.717, 1.165) is 58.0 Å². The third-order valence-corrected chi connectivity index (χ3v) is 9.18. The topological polar surface area (TPSA) is 138 Å². The van der Waals surface area contributed by atoms with Crippen LogP contribution in [-0.4, -0.2) is 98.5 Å². The molecule has 1 spiro atoms. The number of rotatable bonds is 11. The van der Waals surface area contributed by atoms with Gasteiger partial charge in [0.15, 0.2) is 11.5 Å². The molecule has 2 saturated heterocycles. The lowest BCUT2D eigenvalue weighted by Gasteiger charge is -2.54. The van der Waals surface area contributed by atoms with Gasteiger partial charge in [-0.3, -0.25) is 14.3 Å². The number of hydrogen-bond donors (Lipinski definition) is 3. The molecule has 224 valence electrons. The lowest BCUT2D eigenvalue weighted by molar-refractivity contribution is -0.170. The van der Waals surface area contributed by atoms with Gasteiger partial charge < -0.3 is 29.7 Å². The maximum Gasteiger partial charge on any atom is 0.249 e. The van der Waals surface area contributed by atoms with Crippen LogP contribution in [0.2, 0.25) is 0 Å². The van der Waals surface area contributed by atoms with Gasteiger partial charge in [0.05, 0.1) is 31.3 Å². The van der Waals surface area contributed by atoms with E-state index in [9.17, 15) is 23.1 Å². The molecule has 2 aliphatic heterocycles. The predicted octanol–water partition coefficient (Wildman–Crippen LogP) is 2.10. The second-order valence-electron chi connectivity index (χ2n) is 11.3. The highest BCUT2D eigenvalue weighted by Crippen LogP contribution is 2.38. The minimum atomic E-state index is -3.38. The number of hydrogen-bond acceptors (Lipinski definition) is 8. The molecule has 1 aliphatic carbocycles. The van der Waals surface area contributed by atoms with E-state index in [1.54, 1.807) is 23.1 Å². The number of nitrogens with one attached hydrogen (secondary N) is 2. The number of carbonyl (C=O) groups excluding carboxylic acids is 2. The van der Waals surface area contributed by atoms with Crippen LogP contribution in [0.15, 0.2) is 18.2 Å². The van der Waals surface area contributed by atoms with Crippen LogP contribution in [0.4, 0.5) is 5.69 Å². The van der Waals surface area contributed by atoms with Crippen LogP contribution in [0, 0.1) is 0 Å². The van der Waals surface area contributed by atoms with Gasteiger partial charge in [-0.15, -0.1) is 0 Å². The molecule has 4 rings (SSSR count). The van der Waals surface area contributed by atoms with Gasteiger partial charge in [0, 0.05) is 25.7 Å². The van der Waals surface area contributed by atoms with E-state index < -0.39 is 27.2 Å². The monoisotopic (exact) mass is 580 g/mol. The first-order chi connectivity index (χ1) is 19.0. The van der Waals surface area contributed by atoms with Crippen LogP contribution in [0.25, 0.3) is 0 Å². The highest BCUT2D eigenvalue weighted by atomic mass is 32.2. The Kier molecular flexibility index (Phi) is 9.51. The smallest absolute Gasteiger partial charge is 0.249 e. The molecule has 3 fully saturated rings. The Hall–Kier alpha value is -2.57. The molecule has 1 saturated carbocycles. The van der Waals surface area contributed by atoms with Crippen molar-refractivity contribution < 1.29 is 32.6 Å². The summed E-state index contributed by atoms with van der Waals surface area (Å²) in [6, 6.07) is 4.05. The van der Waals surface area contributed by atoms with Crippen molar-refractivity contribution in [3.8, 4) is 11.5 Å². The quantitative estimate of drug-likeness (QED) is 0.339. The fourth-order valence-corrected chi connectivity index (χ4v) is 6.97. The molecule has 2 amide bonds. The lowest BCUT2D eigenvalue weighted by atomic mass is 9.74. The van der Waals surface area contributed by atoms with Crippen molar-refractivity contribution >= 4 is 27.5 Å². The summed E-state index contributed by atoms with van der Waals surface area (Å²) >= 11 is 0. The van der Waals surface area contributed by atoms with Crippen molar-refractivity contribution in [3.63, 3.8) is 0 Å². The van der Waals surface area contributed by atoms with Crippen molar-refractivity contribution in [3.05, 3.63) is 18.2 Å². The van der Waals surface area contributed by atoms with Crippen molar-refractivity contribution in [2.24, 2.45) is 0 Å². The zero-order valence-corrected chi connectivity index (χ0v) is 24.7. The normalized spacial score (nSPS) is 23.1. The number of nitrogens with zero attached hydrogens (tertiary/aromatic N) is 2. The number of aliphatic hydroxyl groups is 1. The number of methoxy groups -OCH3 is 1. The summed E-state index contributed by atoms with van der Waals surface area (Å²) in [5, 5.41) is 14.2. The molecule has 1 aromatic rings. The molecule has 11 nitrogen and oxygen atoms in total. The molecule has 12 heteroatoms. The van der Waals surface area contributed by atoms with E-state index in [0.29, 0.717) is 56.0 Å². The third kappa shape index (κ3) is 6.66. The average molecular weight is 581 g/mol. The largest absolute Gasteiger partial charge is 0.493 e. The average Bonchev–Trinajstić information content (AvgIpc) is 2.92. The van der Waals surface area contributed by atoms with Crippen molar-refractivity contribution in [1.82, 2.24) is 15.1 Å². The van der Waals surface area contributed by atoms with E-state index >= 15 is 0 Å². The van der Waals surface area contributed by atoms with Gasteiger partial charge in [-0.25, -0.2) is 8.42 Å². The summed E-state index contributed by atoms with van der Waals surface area (Å²) < 4.78 is 36.6. The Morgan fingerprint density at radius 2 is 1.77 bits per heavy atom.